The van der Waals surface area contributed by atoms with Gasteiger partial charge in [-0.2, -0.15) is 5.10 Å². The van der Waals surface area contributed by atoms with Crippen LogP contribution in [0.3, 0.4) is 0 Å². The SMILES string of the molecule is Cc1ccc(C)c(NC(=O)CCC(=O)N/N=C/c2cccc(Cl)c2)c1. The molecule has 25 heavy (non-hydrogen) atoms. The fraction of sp³-hybridized carbons (Fsp3) is 0.211. The highest BCUT2D eigenvalue weighted by atomic mass is 35.5. The molecule has 0 spiro atoms. The van der Waals surface area contributed by atoms with Crippen molar-refractivity contribution in [1.82, 2.24) is 5.43 Å². The Morgan fingerprint density at radius 1 is 1.08 bits per heavy atom. The van der Waals surface area contributed by atoms with E-state index in [1.807, 2.05) is 38.1 Å². The number of carbonyl (C=O) groups is 2. The van der Waals surface area contributed by atoms with Crippen LogP contribution in [0.2, 0.25) is 5.02 Å². The standard InChI is InChI=1S/C19H20ClN3O2/c1-13-6-7-14(2)17(10-13)22-18(24)8-9-19(25)23-21-12-15-4-3-5-16(20)11-15/h3-7,10-12H,8-9H2,1-2H3,(H,22,24)(H,23,25)/b21-12+. The zero-order valence-electron chi connectivity index (χ0n) is 14.2. The molecule has 0 aromatic heterocycles. The lowest BCUT2D eigenvalue weighted by atomic mass is 10.1. The van der Waals surface area contributed by atoms with E-state index in [0.717, 1.165) is 22.4 Å². The van der Waals surface area contributed by atoms with E-state index < -0.39 is 0 Å². The highest BCUT2D eigenvalue weighted by Crippen LogP contribution is 2.16. The van der Waals surface area contributed by atoms with Crippen LogP contribution in [-0.4, -0.2) is 18.0 Å². The summed E-state index contributed by atoms with van der Waals surface area (Å²) >= 11 is 5.86. The Labute approximate surface area is 152 Å². The van der Waals surface area contributed by atoms with Crippen LogP contribution in [0.1, 0.15) is 29.5 Å². The van der Waals surface area contributed by atoms with Crippen molar-refractivity contribution in [3.63, 3.8) is 0 Å². The molecule has 0 fully saturated rings. The molecule has 0 unspecified atom stereocenters. The van der Waals surface area contributed by atoms with E-state index >= 15 is 0 Å². The summed E-state index contributed by atoms with van der Waals surface area (Å²) in [5.74, 6) is -0.530. The molecule has 6 heteroatoms. The average molecular weight is 358 g/mol. The average Bonchev–Trinajstić information content (AvgIpc) is 2.56. The number of rotatable bonds is 6. The van der Waals surface area contributed by atoms with Gasteiger partial charge in [0.1, 0.15) is 0 Å². The largest absolute Gasteiger partial charge is 0.326 e. The van der Waals surface area contributed by atoms with Crippen LogP contribution in [0, 0.1) is 13.8 Å². The Bertz CT molecular complexity index is 803. The van der Waals surface area contributed by atoms with Crippen molar-refractivity contribution in [3.8, 4) is 0 Å². The fourth-order valence-corrected chi connectivity index (χ4v) is 2.33. The summed E-state index contributed by atoms with van der Waals surface area (Å²) in [5.41, 5.74) is 5.99. The number of nitrogens with zero attached hydrogens (tertiary/aromatic N) is 1. The predicted molar refractivity (Wildman–Crippen MR) is 101 cm³/mol. The Morgan fingerprint density at radius 2 is 1.84 bits per heavy atom. The normalized spacial score (nSPS) is 10.7. The van der Waals surface area contributed by atoms with Crippen molar-refractivity contribution in [2.45, 2.75) is 26.7 Å². The van der Waals surface area contributed by atoms with Gasteiger partial charge in [-0.05, 0) is 48.7 Å². The monoisotopic (exact) mass is 357 g/mol. The maximum atomic E-state index is 12.0. The van der Waals surface area contributed by atoms with Crippen LogP contribution in [0.15, 0.2) is 47.6 Å². The van der Waals surface area contributed by atoms with Crippen LogP contribution in [-0.2, 0) is 9.59 Å². The molecule has 0 aliphatic carbocycles. The lowest BCUT2D eigenvalue weighted by Crippen LogP contribution is -2.20. The van der Waals surface area contributed by atoms with Crippen LogP contribution in [0.5, 0.6) is 0 Å². The molecule has 0 bridgehead atoms. The molecule has 5 nitrogen and oxygen atoms in total. The topological polar surface area (TPSA) is 70.6 Å². The van der Waals surface area contributed by atoms with Crippen molar-refractivity contribution >= 4 is 35.3 Å². The first-order chi connectivity index (χ1) is 11.9. The molecule has 2 aromatic rings. The highest BCUT2D eigenvalue weighted by molar-refractivity contribution is 6.30. The van der Waals surface area contributed by atoms with E-state index in [0.29, 0.717) is 5.02 Å². The third-order valence-corrected chi connectivity index (χ3v) is 3.73. The molecule has 2 aromatic carbocycles. The maximum Gasteiger partial charge on any atom is 0.240 e. The predicted octanol–water partition coefficient (Wildman–Crippen LogP) is 3.83. The second kappa shape index (κ2) is 8.99. The Balaban J connectivity index is 1.77. The van der Waals surface area contributed by atoms with Crippen LogP contribution >= 0.6 is 11.6 Å². The minimum atomic E-state index is -0.325. The summed E-state index contributed by atoms with van der Waals surface area (Å²) in [6, 6.07) is 12.9. The zero-order valence-corrected chi connectivity index (χ0v) is 14.9. The number of hydrogen-bond donors (Lipinski definition) is 2. The second-order valence-electron chi connectivity index (χ2n) is 5.71. The number of halogens is 1. The van der Waals surface area contributed by atoms with Crippen molar-refractivity contribution < 1.29 is 9.59 Å². The van der Waals surface area contributed by atoms with Gasteiger partial charge in [0.2, 0.25) is 11.8 Å². The van der Waals surface area contributed by atoms with E-state index in [2.05, 4.69) is 15.8 Å². The fourth-order valence-electron chi connectivity index (χ4n) is 2.13. The van der Waals surface area contributed by atoms with Gasteiger partial charge in [0.25, 0.3) is 0 Å². The van der Waals surface area contributed by atoms with Crippen molar-refractivity contribution in [1.29, 1.82) is 0 Å². The van der Waals surface area contributed by atoms with Gasteiger partial charge in [0, 0.05) is 23.6 Å². The number of amides is 2. The van der Waals surface area contributed by atoms with E-state index in [4.69, 9.17) is 11.6 Å². The zero-order chi connectivity index (χ0) is 18.2. The molecule has 0 saturated carbocycles. The van der Waals surface area contributed by atoms with E-state index in [1.54, 1.807) is 18.2 Å². The molecule has 2 rings (SSSR count). The lowest BCUT2D eigenvalue weighted by Gasteiger charge is -2.09. The van der Waals surface area contributed by atoms with E-state index in [-0.39, 0.29) is 24.7 Å². The molecule has 0 radical (unpaired) electrons. The molecule has 2 N–H and O–H groups in total. The number of anilines is 1. The van der Waals surface area contributed by atoms with Crippen LogP contribution < -0.4 is 10.7 Å². The lowest BCUT2D eigenvalue weighted by molar-refractivity contribution is -0.124. The summed E-state index contributed by atoms with van der Waals surface area (Å²) < 4.78 is 0. The van der Waals surface area contributed by atoms with E-state index in [1.165, 1.54) is 6.21 Å². The van der Waals surface area contributed by atoms with Gasteiger partial charge in [0.15, 0.2) is 0 Å². The van der Waals surface area contributed by atoms with Crippen LogP contribution in [0.25, 0.3) is 0 Å². The quantitative estimate of drug-likeness (QED) is 0.609. The van der Waals surface area contributed by atoms with Gasteiger partial charge in [-0.25, -0.2) is 5.43 Å². The maximum absolute atomic E-state index is 12.0. The molecule has 130 valence electrons. The van der Waals surface area contributed by atoms with Crippen molar-refractivity contribution in [2.24, 2.45) is 5.10 Å². The molecule has 2 amide bonds. The third-order valence-electron chi connectivity index (χ3n) is 3.50. The number of hydrogen-bond acceptors (Lipinski definition) is 3. The molecular formula is C19H20ClN3O2. The summed E-state index contributed by atoms with van der Waals surface area (Å²) in [5, 5.41) is 7.27. The first kappa shape index (κ1) is 18.7. The smallest absolute Gasteiger partial charge is 0.240 e. The first-order valence-corrected chi connectivity index (χ1v) is 8.26. The van der Waals surface area contributed by atoms with Gasteiger partial charge in [-0.1, -0.05) is 35.9 Å². The highest BCUT2D eigenvalue weighted by Gasteiger charge is 2.08. The molecule has 0 saturated heterocycles. The minimum Gasteiger partial charge on any atom is -0.326 e. The van der Waals surface area contributed by atoms with Gasteiger partial charge >= 0.3 is 0 Å². The number of hydrazone groups is 1. The molecule has 0 aliphatic rings. The summed E-state index contributed by atoms with van der Waals surface area (Å²) in [6.07, 6.45) is 1.65. The number of carbonyl (C=O) groups excluding carboxylic acids is 2. The number of nitrogens with one attached hydrogen (secondary N) is 2. The van der Waals surface area contributed by atoms with Crippen molar-refractivity contribution in [3.05, 3.63) is 64.2 Å². The second-order valence-corrected chi connectivity index (χ2v) is 6.15. The summed E-state index contributed by atoms with van der Waals surface area (Å²) in [4.78, 5) is 23.7. The van der Waals surface area contributed by atoms with Gasteiger partial charge in [-0.15, -0.1) is 0 Å². The Kier molecular flexibility index (Phi) is 6.71. The summed E-state index contributed by atoms with van der Waals surface area (Å²) in [6.45, 7) is 3.88. The minimum absolute atomic E-state index is 0.0591. The van der Waals surface area contributed by atoms with Crippen molar-refractivity contribution in [2.75, 3.05) is 5.32 Å². The van der Waals surface area contributed by atoms with Gasteiger partial charge in [-0.3, -0.25) is 9.59 Å². The Morgan fingerprint density at radius 3 is 2.60 bits per heavy atom. The molecular weight excluding hydrogens is 338 g/mol. The molecule has 0 aliphatic heterocycles. The van der Waals surface area contributed by atoms with Gasteiger partial charge < -0.3 is 5.32 Å². The first-order valence-electron chi connectivity index (χ1n) is 7.88. The van der Waals surface area contributed by atoms with Gasteiger partial charge in [0.05, 0.1) is 6.21 Å². The number of benzene rings is 2. The van der Waals surface area contributed by atoms with E-state index in [9.17, 15) is 9.59 Å². The Hall–Kier alpha value is -2.66. The van der Waals surface area contributed by atoms with Crippen LogP contribution in [0.4, 0.5) is 5.69 Å². The summed E-state index contributed by atoms with van der Waals surface area (Å²) in [7, 11) is 0. The third kappa shape index (κ3) is 6.39. The number of aryl methyl sites for hydroxylation is 2. The molecule has 0 heterocycles. The molecule has 0 atom stereocenters.